The van der Waals surface area contributed by atoms with E-state index in [4.69, 9.17) is 0 Å². The molecule has 0 heterocycles. The van der Waals surface area contributed by atoms with Gasteiger partial charge in [-0.25, -0.2) is 41.2 Å². The quantitative estimate of drug-likeness (QED) is 0.431. The van der Waals surface area contributed by atoms with Gasteiger partial charge in [-0.1, -0.05) is 0 Å². The van der Waals surface area contributed by atoms with Crippen LogP contribution in [0.25, 0.3) is 0 Å². The van der Waals surface area contributed by atoms with Gasteiger partial charge < -0.3 is 9.47 Å². The van der Waals surface area contributed by atoms with Crippen LogP contribution in [0.2, 0.25) is 0 Å². The van der Waals surface area contributed by atoms with Gasteiger partial charge in [0.15, 0.2) is 0 Å². The SMILES string of the molecule is O=C(NC(=O)Oc1c(F)c(F)c(F)c(F)c1F)Oc1c(F)c(F)c(F)c(F)c1F. The van der Waals surface area contributed by atoms with Crippen molar-refractivity contribution in [3.8, 4) is 11.5 Å². The summed E-state index contributed by atoms with van der Waals surface area (Å²) in [5.41, 5.74) is 0. The van der Waals surface area contributed by atoms with Crippen LogP contribution in [0.5, 0.6) is 11.5 Å². The average Bonchev–Trinajstić information content (AvgIpc) is 2.68. The molecule has 0 aromatic heterocycles. The van der Waals surface area contributed by atoms with E-state index in [2.05, 4.69) is 9.47 Å². The molecule has 0 fully saturated rings. The third kappa shape index (κ3) is 3.88. The molecule has 0 unspecified atom stereocenters. The monoisotopic (exact) mass is 437 g/mol. The number of amides is 2. The number of nitrogens with one attached hydrogen (secondary N) is 1. The minimum atomic E-state index is -2.60. The zero-order valence-electron chi connectivity index (χ0n) is 12.9. The Morgan fingerprint density at radius 3 is 0.897 bits per heavy atom. The largest absolute Gasteiger partial charge is 0.422 e. The average molecular weight is 437 g/mol. The van der Waals surface area contributed by atoms with Crippen LogP contribution in [-0.2, 0) is 0 Å². The van der Waals surface area contributed by atoms with Crippen molar-refractivity contribution in [2.45, 2.75) is 0 Å². The third-order valence-electron chi connectivity index (χ3n) is 2.93. The zero-order chi connectivity index (χ0) is 22.2. The summed E-state index contributed by atoms with van der Waals surface area (Å²) < 4.78 is 138. The number of rotatable bonds is 2. The number of hydrogen-bond donors (Lipinski definition) is 1. The molecule has 1 N–H and O–H groups in total. The van der Waals surface area contributed by atoms with Gasteiger partial charge in [0.1, 0.15) is 0 Å². The molecular weight excluding hydrogens is 436 g/mol. The van der Waals surface area contributed by atoms with Crippen molar-refractivity contribution >= 4 is 12.2 Å². The fraction of sp³-hybridized carbons (Fsp3) is 0. The second kappa shape index (κ2) is 7.84. The smallest absolute Gasteiger partial charge is 0.403 e. The molecule has 2 amide bonds. The Labute approximate surface area is 151 Å². The molecule has 156 valence electrons. The first kappa shape index (κ1) is 21.8. The fourth-order valence-corrected chi connectivity index (χ4v) is 1.67. The first-order valence-electron chi connectivity index (χ1n) is 6.61. The minimum Gasteiger partial charge on any atom is -0.403 e. The van der Waals surface area contributed by atoms with Crippen molar-refractivity contribution in [3.05, 3.63) is 58.2 Å². The highest BCUT2D eigenvalue weighted by molar-refractivity contribution is 5.89. The number of carbonyl (C=O) groups excluding carboxylic acids is 2. The molecule has 0 atom stereocenters. The van der Waals surface area contributed by atoms with Crippen LogP contribution in [0.1, 0.15) is 0 Å². The number of ether oxygens (including phenoxy) is 2. The molecule has 2 aromatic rings. The van der Waals surface area contributed by atoms with E-state index >= 15 is 0 Å². The Morgan fingerprint density at radius 1 is 0.448 bits per heavy atom. The van der Waals surface area contributed by atoms with Crippen molar-refractivity contribution in [1.82, 2.24) is 5.32 Å². The Morgan fingerprint density at radius 2 is 0.655 bits per heavy atom. The molecule has 2 aromatic carbocycles. The minimum absolute atomic E-state index is 0.827. The number of halogens is 10. The van der Waals surface area contributed by atoms with Crippen molar-refractivity contribution < 1.29 is 63.0 Å². The van der Waals surface area contributed by atoms with E-state index in [1.165, 1.54) is 0 Å². The van der Waals surface area contributed by atoms with E-state index in [1.54, 1.807) is 0 Å². The molecule has 5 nitrogen and oxygen atoms in total. The second-order valence-corrected chi connectivity index (χ2v) is 4.70. The number of carbonyl (C=O) groups is 2. The highest BCUT2D eigenvalue weighted by Gasteiger charge is 2.31. The molecule has 0 aliphatic carbocycles. The Bertz CT molecular complexity index is 903. The predicted octanol–water partition coefficient (Wildman–Crippen LogP) is 4.37. The van der Waals surface area contributed by atoms with Gasteiger partial charge in [0.25, 0.3) is 0 Å². The first-order valence-corrected chi connectivity index (χ1v) is 6.61. The van der Waals surface area contributed by atoms with Crippen molar-refractivity contribution in [3.63, 3.8) is 0 Å². The van der Waals surface area contributed by atoms with E-state index in [0.717, 1.165) is 5.32 Å². The lowest BCUT2D eigenvalue weighted by Crippen LogP contribution is -2.36. The Balaban J connectivity index is 2.21. The van der Waals surface area contributed by atoms with Crippen LogP contribution >= 0.6 is 0 Å². The molecule has 0 bridgehead atoms. The summed E-state index contributed by atoms with van der Waals surface area (Å²) in [6, 6.07) is 0. The van der Waals surface area contributed by atoms with Gasteiger partial charge in [0, 0.05) is 0 Å². The second-order valence-electron chi connectivity index (χ2n) is 4.70. The molecule has 15 heteroatoms. The normalized spacial score (nSPS) is 10.7. The van der Waals surface area contributed by atoms with Gasteiger partial charge in [-0.15, -0.1) is 0 Å². The first-order chi connectivity index (χ1) is 13.4. The summed E-state index contributed by atoms with van der Waals surface area (Å²) in [6.07, 6.45) is -4.61. The van der Waals surface area contributed by atoms with Crippen molar-refractivity contribution in [2.75, 3.05) is 0 Å². The van der Waals surface area contributed by atoms with Crippen LogP contribution in [0, 0.1) is 58.2 Å². The molecule has 0 radical (unpaired) electrons. The van der Waals surface area contributed by atoms with E-state index in [-0.39, 0.29) is 0 Å². The standard InChI is InChI=1S/C14HF10NO4/c15-1-3(17)7(21)11(8(22)4(1)18)28-13(26)25-14(27)29-12-9(23)5(19)2(16)6(20)10(12)24/h(H,25,26,27). The van der Waals surface area contributed by atoms with Gasteiger partial charge in [0.05, 0.1) is 0 Å². The van der Waals surface area contributed by atoms with Crippen molar-refractivity contribution in [2.24, 2.45) is 0 Å². The molecule has 0 aliphatic rings. The molecule has 0 saturated carbocycles. The number of imide groups is 1. The number of hydrogen-bond acceptors (Lipinski definition) is 4. The van der Waals surface area contributed by atoms with Crippen LogP contribution in [0.15, 0.2) is 0 Å². The van der Waals surface area contributed by atoms with E-state index in [0.29, 0.717) is 0 Å². The van der Waals surface area contributed by atoms with E-state index < -0.39 is 81.9 Å². The summed E-state index contributed by atoms with van der Waals surface area (Å²) >= 11 is 0. The highest BCUT2D eigenvalue weighted by atomic mass is 19.2. The molecule has 29 heavy (non-hydrogen) atoms. The van der Waals surface area contributed by atoms with E-state index in [1.807, 2.05) is 0 Å². The highest BCUT2D eigenvalue weighted by Crippen LogP contribution is 2.30. The van der Waals surface area contributed by atoms with Gasteiger partial charge in [-0.05, 0) is 0 Å². The van der Waals surface area contributed by atoms with Gasteiger partial charge in [-0.3, -0.25) is 0 Å². The van der Waals surface area contributed by atoms with Crippen LogP contribution < -0.4 is 14.8 Å². The summed E-state index contributed by atoms with van der Waals surface area (Å²) in [5.74, 6) is -30.1. The third-order valence-corrected chi connectivity index (χ3v) is 2.93. The van der Waals surface area contributed by atoms with Gasteiger partial charge >= 0.3 is 12.2 Å². The maximum Gasteiger partial charge on any atom is 0.422 e. The predicted molar refractivity (Wildman–Crippen MR) is 67.6 cm³/mol. The van der Waals surface area contributed by atoms with E-state index in [9.17, 15) is 53.5 Å². The van der Waals surface area contributed by atoms with Crippen molar-refractivity contribution in [1.29, 1.82) is 0 Å². The fourth-order valence-electron chi connectivity index (χ4n) is 1.67. The molecule has 0 spiro atoms. The maximum atomic E-state index is 13.3. The summed E-state index contributed by atoms with van der Waals surface area (Å²) in [7, 11) is 0. The Hall–Kier alpha value is -3.52. The van der Waals surface area contributed by atoms with Crippen LogP contribution in [0.3, 0.4) is 0 Å². The summed E-state index contributed by atoms with van der Waals surface area (Å²) in [6.45, 7) is 0. The summed E-state index contributed by atoms with van der Waals surface area (Å²) in [4.78, 5) is 22.6. The molecular formula is C14HF10NO4. The molecule has 2 rings (SSSR count). The van der Waals surface area contributed by atoms with Crippen LogP contribution in [-0.4, -0.2) is 12.2 Å². The van der Waals surface area contributed by atoms with Gasteiger partial charge in [0.2, 0.25) is 69.7 Å². The van der Waals surface area contributed by atoms with Gasteiger partial charge in [-0.2, -0.15) is 17.6 Å². The zero-order valence-corrected chi connectivity index (χ0v) is 12.9. The van der Waals surface area contributed by atoms with Crippen LogP contribution in [0.4, 0.5) is 53.5 Å². The topological polar surface area (TPSA) is 64.6 Å². The number of benzene rings is 2. The summed E-state index contributed by atoms with van der Waals surface area (Å²) in [5, 5.41) is 0.827. The lowest BCUT2D eigenvalue weighted by Gasteiger charge is -2.10. The maximum absolute atomic E-state index is 13.3. The lowest BCUT2D eigenvalue weighted by molar-refractivity contribution is 0.174. The Kier molecular flexibility index (Phi) is 5.89. The molecule has 0 aliphatic heterocycles. The molecule has 0 saturated heterocycles. The lowest BCUT2D eigenvalue weighted by atomic mass is 10.2.